The first-order valence-corrected chi connectivity index (χ1v) is 8.17. The maximum atomic E-state index is 12.3. The van der Waals surface area contributed by atoms with Crippen LogP contribution < -0.4 is 0 Å². The molecule has 0 radical (unpaired) electrons. The van der Waals surface area contributed by atoms with Gasteiger partial charge in [-0.25, -0.2) is 8.42 Å². The van der Waals surface area contributed by atoms with Crippen LogP contribution in [0.5, 0.6) is 0 Å². The van der Waals surface area contributed by atoms with Crippen molar-refractivity contribution in [3.63, 3.8) is 0 Å². The van der Waals surface area contributed by atoms with Gasteiger partial charge in [0.05, 0.1) is 6.61 Å². The van der Waals surface area contributed by atoms with Crippen molar-refractivity contribution in [3.05, 3.63) is 18.0 Å². The number of ether oxygens (including phenoxy) is 1. The SMILES string of the molecule is COCCN(C(=O)c1cc(S(=O)(=O)Cl)c[nH]1)C1CC1. The summed E-state index contributed by atoms with van der Waals surface area (Å²) in [7, 11) is 2.98. The summed E-state index contributed by atoms with van der Waals surface area (Å²) < 4.78 is 27.3. The van der Waals surface area contributed by atoms with E-state index in [9.17, 15) is 13.2 Å². The Labute approximate surface area is 116 Å². The molecule has 106 valence electrons. The van der Waals surface area contributed by atoms with Crippen molar-refractivity contribution >= 4 is 25.6 Å². The highest BCUT2D eigenvalue weighted by Crippen LogP contribution is 2.28. The number of aromatic amines is 1. The van der Waals surface area contributed by atoms with Gasteiger partial charge in [0.2, 0.25) is 0 Å². The zero-order chi connectivity index (χ0) is 14.0. The molecule has 2 rings (SSSR count). The van der Waals surface area contributed by atoms with E-state index in [2.05, 4.69) is 4.98 Å². The van der Waals surface area contributed by atoms with Crippen LogP contribution in [0, 0.1) is 0 Å². The van der Waals surface area contributed by atoms with Crippen molar-refractivity contribution in [2.24, 2.45) is 0 Å². The van der Waals surface area contributed by atoms with E-state index in [0.29, 0.717) is 13.2 Å². The van der Waals surface area contributed by atoms with E-state index in [0.717, 1.165) is 12.8 Å². The number of H-pyrrole nitrogens is 1. The van der Waals surface area contributed by atoms with Crippen LogP contribution in [-0.4, -0.2) is 50.5 Å². The molecule has 1 aliphatic carbocycles. The molecule has 1 aromatic rings. The minimum Gasteiger partial charge on any atom is -0.383 e. The molecule has 1 aromatic heterocycles. The second-order valence-electron chi connectivity index (χ2n) is 4.41. The summed E-state index contributed by atoms with van der Waals surface area (Å²) in [5, 5.41) is 0. The molecule has 0 unspecified atom stereocenters. The lowest BCUT2D eigenvalue weighted by molar-refractivity contribution is 0.0675. The predicted molar refractivity (Wildman–Crippen MR) is 69.8 cm³/mol. The van der Waals surface area contributed by atoms with Crippen molar-refractivity contribution in [3.8, 4) is 0 Å². The highest BCUT2D eigenvalue weighted by molar-refractivity contribution is 8.13. The zero-order valence-electron chi connectivity index (χ0n) is 10.4. The van der Waals surface area contributed by atoms with Crippen molar-refractivity contribution in [1.29, 1.82) is 0 Å². The molecule has 0 aromatic carbocycles. The fourth-order valence-corrected chi connectivity index (χ4v) is 2.54. The standard InChI is InChI=1S/C11H15ClN2O4S/c1-18-5-4-14(8-2-3-8)11(15)10-6-9(7-13-10)19(12,16)17/h6-8,13H,2-5H2,1H3. The Morgan fingerprint density at radius 1 is 1.58 bits per heavy atom. The molecular weight excluding hydrogens is 292 g/mol. The third kappa shape index (κ3) is 3.49. The van der Waals surface area contributed by atoms with Crippen LogP contribution in [0.4, 0.5) is 0 Å². The lowest BCUT2D eigenvalue weighted by Gasteiger charge is -2.21. The Balaban J connectivity index is 2.15. The second-order valence-corrected chi connectivity index (χ2v) is 6.98. The smallest absolute Gasteiger partial charge is 0.270 e. The molecule has 1 fully saturated rings. The predicted octanol–water partition coefficient (Wildman–Crippen LogP) is 1.19. The lowest BCUT2D eigenvalue weighted by Crippen LogP contribution is -2.36. The number of hydrogen-bond donors (Lipinski definition) is 1. The Morgan fingerprint density at radius 2 is 2.26 bits per heavy atom. The summed E-state index contributed by atoms with van der Waals surface area (Å²) in [6, 6.07) is 1.48. The quantitative estimate of drug-likeness (QED) is 0.801. The third-order valence-corrected chi connectivity index (χ3v) is 4.29. The number of halogens is 1. The van der Waals surface area contributed by atoms with Gasteiger partial charge < -0.3 is 14.6 Å². The third-order valence-electron chi connectivity index (χ3n) is 2.95. The molecule has 0 spiro atoms. The maximum absolute atomic E-state index is 12.3. The highest BCUT2D eigenvalue weighted by Gasteiger charge is 2.33. The molecule has 0 aliphatic heterocycles. The Kier molecular flexibility index (Phi) is 4.17. The molecule has 19 heavy (non-hydrogen) atoms. The first kappa shape index (κ1) is 14.4. The van der Waals surface area contributed by atoms with Gasteiger partial charge in [-0.3, -0.25) is 4.79 Å². The molecular formula is C11H15ClN2O4S. The van der Waals surface area contributed by atoms with E-state index >= 15 is 0 Å². The monoisotopic (exact) mass is 306 g/mol. The summed E-state index contributed by atoms with van der Waals surface area (Å²) >= 11 is 0. The average molecular weight is 307 g/mol. The topological polar surface area (TPSA) is 79.5 Å². The number of rotatable bonds is 6. The Hall–Kier alpha value is -1.05. The van der Waals surface area contributed by atoms with Crippen molar-refractivity contribution in [2.75, 3.05) is 20.3 Å². The second kappa shape index (κ2) is 5.52. The Bertz CT molecular complexity index is 565. The molecule has 1 amide bonds. The first-order valence-electron chi connectivity index (χ1n) is 5.86. The van der Waals surface area contributed by atoms with Crippen LogP contribution >= 0.6 is 10.7 Å². The van der Waals surface area contributed by atoms with Gasteiger partial charge in [-0.2, -0.15) is 0 Å². The van der Waals surface area contributed by atoms with Gasteiger partial charge in [0, 0.05) is 36.6 Å². The van der Waals surface area contributed by atoms with E-state index in [4.69, 9.17) is 15.4 Å². The summed E-state index contributed by atoms with van der Waals surface area (Å²) in [4.78, 5) is 16.5. The summed E-state index contributed by atoms with van der Waals surface area (Å²) in [5.41, 5.74) is 0.224. The number of nitrogens with one attached hydrogen (secondary N) is 1. The van der Waals surface area contributed by atoms with Crippen LogP contribution in [0.1, 0.15) is 23.3 Å². The number of aromatic nitrogens is 1. The Morgan fingerprint density at radius 3 is 2.74 bits per heavy atom. The largest absolute Gasteiger partial charge is 0.383 e. The maximum Gasteiger partial charge on any atom is 0.270 e. The van der Waals surface area contributed by atoms with E-state index in [1.165, 1.54) is 12.3 Å². The van der Waals surface area contributed by atoms with Crippen molar-refractivity contribution < 1.29 is 17.9 Å². The molecule has 6 nitrogen and oxygen atoms in total. The summed E-state index contributed by atoms with van der Waals surface area (Å²) in [6.45, 7) is 0.936. The molecule has 1 heterocycles. The number of carbonyl (C=O) groups excluding carboxylic acids is 1. The molecule has 8 heteroatoms. The van der Waals surface area contributed by atoms with Gasteiger partial charge in [-0.1, -0.05) is 0 Å². The number of amides is 1. The van der Waals surface area contributed by atoms with Crippen molar-refractivity contribution in [2.45, 2.75) is 23.8 Å². The summed E-state index contributed by atoms with van der Waals surface area (Å²) in [6.07, 6.45) is 3.16. The number of hydrogen-bond acceptors (Lipinski definition) is 4. The molecule has 0 bridgehead atoms. The van der Waals surface area contributed by atoms with E-state index in [1.54, 1.807) is 12.0 Å². The van der Waals surface area contributed by atoms with Gasteiger partial charge in [0.25, 0.3) is 15.0 Å². The molecule has 0 saturated heterocycles. The number of nitrogens with zero attached hydrogens (tertiary/aromatic N) is 1. The van der Waals surface area contributed by atoms with Gasteiger partial charge in [0.15, 0.2) is 0 Å². The highest BCUT2D eigenvalue weighted by atomic mass is 35.7. The minimum absolute atomic E-state index is 0.0972. The van der Waals surface area contributed by atoms with E-state index in [1.807, 2.05) is 0 Å². The van der Waals surface area contributed by atoms with Crippen LogP contribution in [0.25, 0.3) is 0 Å². The molecule has 1 saturated carbocycles. The fraction of sp³-hybridized carbons (Fsp3) is 0.545. The van der Waals surface area contributed by atoms with Crippen LogP contribution in [0.15, 0.2) is 17.2 Å². The van der Waals surface area contributed by atoms with Crippen LogP contribution in [0.2, 0.25) is 0 Å². The average Bonchev–Trinajstić information content (AvgIpc) is 3.04. The van der Waals surface area contributed by atoms with Gasteiger partial charge in [-0.05, 0) is 18.9 Å². The fourth-order valence-electron chi connectivity index (χ4n) is 1.82. The van der Waals surface area contributed by atoms with Gasteiger partial charge in [-0.15, -0.1) is 0 Å². The minimum atomic E-state index is -3.82. The van der Waals surface area contributed by atoms with Crippen molar-refractivity contribution in [1.82, 2.24) is 9.88 Å². The number of carbonyl (C=O) groups is 1. The lowest BCUT2D eigenvalue weighted by atomic mass is 10.3. The van der Waals surface area contributed by atoms with E-state index < -0.39 is 9.05 Å². The summed E-state index contributed by atoms with van der Waals surface area (Å²) in [5.74, 6) is -0.230. The molecule has 0 atom stereocenters. The molecule has 1 aliphatic rings. The molecule has 1 N–H and O–H groups in total. The normalized spacial score (nSPS) is 15.5. The van der Waals surface area contributed by atoms with Crippen LogP contribution in [0.3, 0.4) is 0 Å². The van der Waals surface area contributed by atoms with Gasteiger partial charge >= 0.3 is 0 Å². The van der Waals surface area contributed by atoms with E-state index in [-0.39, 0.29) is 22.5 Å². The van der Waals surface area contributed by atoms with Crippen LogP contribution in [-0.2, 0) is 13.8 Å². The van der Waals surface area contributed by atoms with Gasteiger partial charge in [0.1, 0.15) is 10.6 Å². The first-order chi connectivity index (χ1) is 8.93. The zero-order valence-corrected chi connectivity index (χ0v) is 12.0. The number of methoxy groups -OCH3 is 1.